The molecule has 5 nitrogen and oxygen atoms in total. The molecular weight excluding hydrogens is 350 g/mol. The van der Waals surface area contributed by atoms with Gasteiger partial charge in [0, 0.05) is 10.6 Å². The van der Waals surface area contributed by atoms with Crippen LogP contribution >= 0.6 is 23.4 Å². The van der Waals surface area contributed by atoms with Gasteiger partial charge in [-0.05, 0) is 48.2 Å². The average molecular weight is 362 g/mol. The highest BCUT2D eigenvalue weighted by Crippen LogP contribution is 2.33. The summed E-state index contributed by atoms with van der Waals surface area (Å²) in [6, 6.07) is 12.2. The van der Waals surface area contributed by atoms with Gasteiger partial charge in [0.15, 0.2) is 5.58 Å². The van der Waals surface area contributed by atoms with Gasteiger partial charge in [0.1, 0.15) is 16.2 Å². The van der Waals surface area contributed by atoms with Gasteiger partial charge in [0.2, 0.25) is 0 Å². The molecule has 1 heterocycles. The molecule has 1 N–H and O–H groups in total. The highest BCUT2D eigenvalue weighted by Gasteiger charge is 2.16. The molecule has 3 aromatic rings. The zero-order chi connectivity index (χ0) is 17.1. The van der Waals surface area contributed by atoms with Crippen LogP contribution in [0.15, 0.2) is 57.0 Å². The Hall–Kier alpha value is -2.44. The third kappa shape index (κ3) is 3.55. The molecule has 0 saturated heterocycles. The number of carboxylic acid groups (broad SMARTS) is 1. The molecule has 0 bridgehead atoms. The maximum absolute atomic E-state index is 11.6. The molecule has 0 saturated carbocycles. The van der Waals surface area contributed by atoms with Crippen LogP contribution < -0.4 is 4.74 Å². The lowest BCUT2D eigenvalue weighted by molar-refractivity contribution is -0.131. The minimum absolute atomic E-state index is 0.0436. The van der Waals surface area contributed by atoms with Gasteiger partial charge in [0.25, 0.3) is 5.22 Å². The van der Waals surface area contributed by atoms with E-state index in [0.717, 1.165) is 11.8 Å². The van der Waals surface area contributed by atoms with Crippen molar-refractivity contribution in [2.24, 2.45) is 0 Å². The number of hydrogen-bond donors (Lipinski definition) is 1. The van der Waals surface area contributed by atoms with E-state index >= 15 is 0 Å². The number of methoxy groups -OCH3 is 1. The normalized spacial score (nSPS) is 11.7. The molecule has 7 heteroatoms. The Morgan fingerprint density at radius 1 is 1.33 bits per heavy atom. The largest absolute Gasteiger partial charge is 0.496 e. The number of benzene rings is 2. The molecule has 0 radical (unpaired) electrons. The second-order valence-electron chi connectivity index (χ2n) is 4.75. The number of rotatable bonds is 5. The van der Waals surface area contributed by atoms with Crippen LogP contribution in [0.5, 0.6) is 5.75 Å². The third-order valence-corrected chi connectivity index (χ3v) is 4.26. The molecule has 0 fully saturated rings. The SMILES string of the molecule is COc1ccc(Cl)cc1/C=C(\Sc1nc2ccccc2o1)C(=O)O. The Labute approximate surface area is 146 Å². The molecule has 0 spiro atoms. The van der Waals surface area contributed by atoms with Gasteiger partial charge in [-0.1, -0.05) is 23.7 Å². The van der Waals surface area contributed by atoms with Gasteiger partial charge in [-0.15, -0.1) is 0 Å². The molecule has 1 aromatic heterocycles. The van der Waals surface area contributed by atoms with Crippen molar-refractivity contribution < 1.29 is 19.1 Å². The molecule has 0 aliphatic carbocycles. The maximum Gasteiger partial charge on any atom is 0.342 e. The van der Waals surface area contributed by atoms with E-state index in [1.165, 1.54) is 13.2 Å². The van der Waals surface area contributed by atoms with Crippen LogP contribution in [-0.2, 0) is 4.79 Å². The molecule has 24 heavy (non-hydrogen) atoms. The number of oxazole rings is 1. The Morgan fingerprint density at radius 2 is 2.12 bits per heavy atom. The van der Waals surface area contributed by atoms with E-state index in [0.29, 0.717) is 27.4 Å². The number of halogens is 1. The fourth-order valence-corrected chi connectivity index (χ4v) is 3.00. The average Bonchev–Trinajstić information content (AvgIpc) is 2.96. The van der Waals surface area contributed by atoms with Crippen molar-refractivity contribution >= 4 is 46.5 Å². The number of nitrogens with zero attached hydrogens (tertiary/aromatic N) is 1. The predicted molar refractivity (Wildman–Crippen MR) is 93.5 cm³/mol. The summed E-state index contributed by atoms with van der Waals surface area (Å²) in [5.74, 6) is -0.569. The van der Waals surface area contributed by atoms with Gasteiger partial charge in [-0.2, -0.15) is 0 Å². The summed E-state index contributed by atoms with van der Waals surface area (Å²) in [5, 5.41) is 10.2. The number of thioether (sulfide) groups is 1. The molecular formula is C17H12ClNO4S. The van der Waals surface area contributed by atoms with Gasteiger partial charge in [-0.3, -0.25) is 0 Å². The van der Waals surface area contributed by atoms with Crippen molar-refractivity contribution in [2.75, 3.05) is 7.11 Å². The second kappa shape index (κ2) is 6.98. The highest BCUT2D eigenvalue weighted by molar-refractivity contribution is 8.03. The molecule has 0 atom stereocenters. The van der Waals surface area contributed by atoms with Crippen LogP contribution in [0, 0.1) is 0 Å². The second-order valence-corrected chi connectivity index (χ2v) is 6.18. The summed E-state index contributed by atoms with van der Waals surface area (Å²) < 4.78 is 10.8. The first-order chi connectivity index (χ1) is 11.6. The topological polar surface area (TPSA) is 72.6 Å². The Balaban J connectivity index is 1.98. The summed E-state index contributed by atoms with van der Waals surface area (Å²) in [4.78, 5) is 15.9. The van der Waals surface area contributed by atoms with E-state index in [1.54, 1.807) is 30.3 Å². The first-order valence-corrected chi connectivity index (χ1v) is 8.08. The van der Waals surface area contributed by atoms with Crippen LogP contribution in [0.4, 0.5) is 0 Å². The van der Waals surface area contributed by atoms with Crippen molar-refractivity contribution in [1.29, 1.82) is 0 Å². The first kappa shape index (κ1) is 16.4. The minimum atomic E-state index is -1.09. The fraction of sp³-hybridized carbons (Fsp3) is 0.0588. The number of carboxylic acids is 1. The molecule has 0 unspecified atom stereocenters. The zero-order valence-electron chi connectivity index (χ0n) is 12.5. The van der Waals surface area contributed by atoms with Crippen molar-refractivity contribution in [3.05, 3.63) is 58.0 Å². The third-order valence-electron chi connectivity index (χ3n) is 3.16. The molecule has 2 aromatic carbocycles. The summed E-state index contributed by atoms with van der Waals surface area (Å²) in [7, 11) is 1.51. The Morgan fingerprint density at radius 3 is 2.83 bits per heavy atom. The predicted octanol–water partition coefficient (Wildman–Crippen LogP) is 4.71. The van der Waals surface area contributed by atoms with Crippen molar-refractivity contribution in [1.82, 2.24) is 4.98 Å². The number of hydrogen-bond acceptors (Lipinski definition) is 5. The van der Waals surface area contributed by atoms with Crippen LogP contribution in [0.1, 0.15) is 5.56 Å². The lowest BCUT2D eigenvalue weighted by Gasteiger charge is -2.06. The minimum Gasteiger partial charge on any atom is -0.496 e. The van der Waals surface area contributed by atoms with Gasteiger partial charge in [0.05, 0.1) is 7.11 Å². The van der Waals surface area contributed by atoms with Crippen LogP contribution in [0.3, 0.4) is 0 Å². The summed E-state index contributed by atoms with van der Waals surface area (Å²) in [5.41, 5.74) is 1.83. The quantitative estimate of drug-likeness (QED) is 0.524. The monoisotopic (exact) mass is 361 g/mol. The zero-order valence-corrected chi connectivity index (χ0v) is 14.1. The van der Waals surface area contributed by atoms with E-state index in [1.807, 2.05) is 12.1 Å². The first-order valence-electron chi connectivity index (χ1n) is 6.89. The van der Waals surface area contributed by atoms with E-state index in [9.17, 15) is 9.90 Å². The maximum atomic E-state index is 11.6. The number of aliphatic carboxylic acids is 1. The van der Waals surface area contributed by atoms with Crippen molar-refractivity contribution in [2.45, 2.75) is 5.22 Å². The molecule has 0 amide bonds. The van der Waals surface area contributed by atoms with Crippen molar-refractivity contribution in [3.63, 3.8) is 0 Å². The van der Waals surface area contributed by atoms with Crippen LogP contribution in [-0.4, -0.2) is 23.2 Å². The van der Waals surface area contributed by atoms with Crippen LogP contribution in [0.25, 0.3) is 17.2 Å². The summed E-state index contributed by atoms with van der Waals surface area (Å²) in [6.07, 6.45) is 1.48. The fourth-order valence-electron chi connectivity index (χ4n) is 2.08. The number of carbonyl (C=O) groups is 1. The molecule has 3 rings (SSSR count). The standard InChI is InChI=1S/C17H12ClNO4S/c1-22-13-7-6-11(18)8-10(13)9-15(16(20)21)24-17-19-12-4-2-3-5-14(12)23-17/h2-9H,1H3,(H,20,21)/b15-9-. The smallest absolute Gasteiger partial charge is 0.342 e. The van der Waals surface area contributed by atoms with Gasteiger partial charge < -0.3 is 14.3 Å². The molecule has 122 valence electrons. The van der Waals surface area contributed by atoms with Gasteiger partial charge >= 0.3 is 5.97 Å². The Bertz CT molecular complexity index is 902. The van der Waals surface area contributed by atoms with Gasteiger partial charge in [-0.25, -0.2) is 9.78 Å². The number of para-hydroxylation sites is 2. The molecule has 0 aliphatic heterocycles. The van der Waals surface area contributed by atoms with Crippen molar-refractivity contribution in [3.8, 4) is 5.75 Å². The van der Waals surface area contributed by atoms with E-state index in [4.69, 9.17) is 20.8 Å². The van der Waals surface area contributed by atoms with E-state index in [-0.39, 0.29) is 10.1 Å². The molecule has 0 aliphatic rings. The van der Waals surface area contributed by atoms with E-state index in [2.05, 4.69) is 4.98 Å². The highest BCUT2D eigenvalue weighted by atomic mass is 35.5. The Kier molecular flexibility index (Phi) is 4.78. The number of aromatic nitrogens is 1. The lowest BCUT2D eigenvalue weighted by atomic mass is 10.2. The van der Waals surface area contributed by atoms with E-state index < -0.39 is 5.97 Å². The summed E-state index contributed by atoms with van der Waals surface area (Å²) >= 11 is 6.91. The lowest BCUT2D eigenvalue weighted by Crippen LogP contribution is -1.97. The number of ether oxygens (including phenoxy) is 1. The summed E-state index contributed by atoms with van der Waals surface area (Å²) in [6.45, 7) is 0. The number of fused-ring (bicyclic) bond motifs is 1. The van der Waals surface area contributed by atoms with Crippen LogP contribution in [0.2, 0.25) is 5.02 Å².